The fourth-order valence-corrected chi connectivity index (χ4v) is 3.18. The van der Waals surface area contributed by atoms with Gasteiger partial charge in [-0.1, -0.05) is 18.5 Å². The Hall–Kier alpha value is -1.96. The fraction of sp³-hybridized carbons (Fsp3) is 0.471. The molecule has 1 unspecified atom stereocenters. The third-order valence-corrected chi connectivity index (χ3v) is 4.64. The molecule has 25 heavy (non-hydrogen) atoms. The Morgan fingerprint density at radius 3 is 2.80 bits per heavy atom. The van der Waals surface area contributed by atoms with E-state index in [1.165, 1.54) is 0 Å². The van der Waals surface area contributed by atoms with Crippen LogP contribution < -0.4 is 5.32 Å². The van der Waals surface area contributed by atoms with Crippen molar-refractivity contribution < 1.29 is 9.90 Å². The number of halogens is 1. The highest BCUT2D eigenvalue weighted by Gasteiger charge is 2.30. The van der Waals surface area contributed by atoms with Gasteiger partial charge in [-0.25, -0.2) is 9.67 Å². The summed E-state index contributed by atoms with van der Waals surface area (Å²) >= 11 is 5.93. The molecule has 1 saturated heterocycles. The highest BCUT2D eigenvalue weighted by Crippen LogP contribution is 2.20. The molecule has 1 aromatic carbocycles. The van der Waals surface area contributed by atoms with E-state index < -0.39 is 0 Å². The second-order valence-electron chi connectivity index (χ2n) is 5.94. The normalized spacial score (nSPS) is 18.4. The molecule has 1 aromatic heterocycles. The van der Waals surface area contributed by atoms with Crippen LogP contribution in [0.25, 0.3) is 11.4 Å². The van der Waals surface area contributed by atoms with Crippen molar-refractivity contribution in [2.45, 2.75) is 25.9 Å². The Morgan fingerprint density at radius 2 is 2.12 bits per heavy atom. The summed E-state index contributed by atoms with van der Waals surface area (Å²) in [5.41, 5.74) is 0.850. The predicted octanol–water partition coefficient (Wildman–Crippen LogP) is 0.954. The van der Waals surface area contributed by atoms with Gasteiger partial charge in [-0.2, -0.15) is 5.10 Å². The zero-order valence-corrected chi connectivity index (χ0v) is 14.9. The van der Waals surface area contributed by atoms with Crippen LogP contribution in [0.2, 0.25) is 5.02 Å². The van der Waals surface area contributed by atoms with E-state index >= 15 is 0 Å². The number of hydrogen-bond acceptors (Lipinski definition) is 5. The number of rotatable bonds is 6. The molecule has 3 rings (SSSR count). The number of aromatic nitrogens is 3. The number of benzene rings is 1. The maximum atomic E-state index is 12.3. The molecule has 2 heterocycles. The van der Waals surface area contributed by atoms with Gasteiger partial charge in [-0.3, -0.25) is 9.69 Å². The van der Waals surface area contributed by atoms with Crippen molar-refractivity contribution in [1.29, 1.82) is 0 Å². The molecule has 1 atom stereocenters. The first-order valence-electron chi connectivity index (χ1n) is 8.44. The van der Waals surface area contributed by atoms with Crippen LogP contribution in [-0.4, -0.2) is 63.0 Å². The third-order valence-electron chi connectivity index (χ3n) is 4.39. The number of piperazine rings is 1. The van der Waals surface area contributed by atoms with Crippen LogP contribution in [0, 0.1) is 0 Å². The Balaban J connectivity index is 1.89. The number of carbonyl (C=O) groups excluding carboxylic acids is 1. The van der Waals surface area contributed by atoms with Crippen molar-refractivity contribution in [3.05, 3.63) is 35.1 Å². The van der Waals surface area contributed by atoms with Gasteiger partial charge in [0.1, 0.15) is 5.82 Å². The van der Waals surface area contributed by atoms with Crippen molar-refractivity contribution in [3.63, 3.8) is 0 Å². The van der Waals surface area contributed by atoms with Crippen LogP contribution in [0.15, 0.2) is 24.3 Å². The van der Waals surface area contributed by atoms with Crippen molar-refractivity contribution in [2.24, 2.45) is 0 Å². The zero-order valence-electron chi connectivity index (χ0n) is 14.2. The quantitative estimate of drug-likeness (QED) is 0.798. The molecule has 2 aromatic rings. The molecule has 1 aliphatic heterocycles. The van der Waals surface area contributed by atoms with Crippen molar-refractivity contribution in [2.75, 3.05) is 26.2 Å². The standard InChI is InChI=1S/C17H22ClN5O2/c1-2-22-8-7-19-17(25)14(22)11-15-20-16(21-23(15)9-10-24)12-3-5-13(18)6-4-12/h3-6,14,24H,2,7-11H2,1H3,(H,19,25). The molecule has 8 heteroatoms. The number of aliphatic hydroxyl groups is 1. The van der Waals surface area contributed by atoms with Crippen LogP contribution in [-0.2, 0) is 17.8 Å². The summed E-state index contributed by atoms with van der Waals surface area (Å²) in [5, 5.41) is 17.4. The molecule has 134 valence electrons. The first kappa shape index (κ1) is 17.8. The summed E-state index contributed by atoms with van der Waals surface area (Å²) in [6, 6.07) is 7.03. The van der Waals surface area contributed by atoms with Crippen LogP contribution in [0.1, 0.15) is 12.7 Å². The van der Waals surface area contributed by atoms with E-state index in [4.69, 9.17) is 11.6 Å². The summed E-state index contributed by atoms with van der Waals surface area (Å²) in [6.07, 6.45) is 0.459. The Labute approximate surface area is 151 Å². The number of carbonyl (C=O) groups is 1. The average Bonchev–Trinajstić information content (AvgIpc) is 3.00. The van der Waals surface area contributed by atoms with Gasteiger partial charge in [0.05, 0.1) is 19.2 Å². The molecule has 0 radical (unpaired) electrons. The predicted molar refractivity (Wildman–Crippen MR) is 95.3 cm³/mol. The first-order valence-corrected chi connectivity index (χ1v) is 8.82. The second kappa shape index (κ2) is 7.95. The molecule has 0 bridgehead atoms. The number of likely N-dealkylation sites (N-methyl/N-ethyl adjacent to an activating group) is 1. The molecule has 0 saturated carbocycles. The van der Waals surface area contributed by atoms with Crippen LogP contribution in [0.4, 0.5) is 0 Å². The lowest BCUT2D eigenvalue weighted by Crippen LogP contribution is -2.56. The molecule has 1 amide bonds. The maximum absolute atomic E-state index is 12.3. The Bertz CT molecular complexity index is 731. The summed E-state index contributed by atoms with van der Waals surface area (Å²) in [7, 11) is 0. The maximum Gasteiger partial charge on any atom is 0.237 e. The topological polar surface area (TPSA) is 83.3 Å². The monoisotopic (exact) mass is 363 g/mol. The fourth-order valence-electron chi connectivity index (χ4n) is 3.06. The van der Waals surface area contributed by atoms with Gasteiger partial charge in [0.2, 0.25) is 5.91 Å². The lowest BCUT2D eigenvalue weighted by atomic mass is 10.1. The lowest BCUT2D eigenvalue weighted by molar-refractivity contribution is -0.128. The Morgan fingerprint density at radius 1 is 1.36 bits per heavy atom. The number of amides is 1. The molecular weight excluding hydrogens is 342 g/mol. The smallest absolute Gasteiger partial charge is 0.237 e. The van der Waals surface area contributed by atoms with Gasteiger partial charge < -0.3 is 10.4 Å². The van der Waals surface area contributed by atoms with Crippen molar-refractivity contribution >= 4 is 17.5 Å². The van der Waals surface area contributed by atoms with Gasteiger partial charge >= 0.3 is 0 Å². The van der Waals surface area contributed by atoms with E-state index in [9.17, 15) is 9.90 Å². The summed E-state index contributed by atoms with van der Waals surface area (Å²) in [4.78, 5) is 19.0. The van der Waals surface area contributed by atoms with E-state index in [-0.39, 0.29) is 18.6 Å². The van der Waals surface area contributed by atoms with Gasteiger partial charge in [-0.15, -0.1) is 0 Å². The molecular formula is C17H22ClN5O2. The molecule has 1 aliphatic rings. The number of hydrogen-bond donors (Lipinski definition) is 2. The van der Waals surface area contributed by atoms with Gasteiger partial charge in [-0.05, 0) is 30.8 Å². The van der Waals surface area contributed by atoms with E-state index in [2.05, 4.69) is 20.3 Å². The highest BCUT2D eigenvalue weighted by molar-refractivity contribution is 6.30. The Kier molecular flexibility index (Phi) is 5.67. The zero-order chi connectivity index (χ0) is 17.8. The van der Waals surface area contributed by atoms with E-state index in [0.29, 0.717) is 36.2 Å². The molecule has 7 nitrogen and oxygen atoms in total. The molecule has 0 spiro atoms. The van der Waals surface area contributed by atoms with Crippen LogP contribution in [0.5, 0.6) is 0 Å². The van der Waals surface area contributed by atoms with E-state index in [1.807, 2.05) is 19.1 Å². The van der Waals surface area contributed by atoms with Crippen molar-refractivity contribution in [1.82, 2.24) is 25.0 Å². The minimum atomic E-state index is -0.265. The third kappa shape index (κ3) is 4.00. The van der Waals surface area contributed by atoms with E-state index in [0.717, 1.165) is 18.7 Å². The van der Waals surface area contributed by atoms with Crippen LogP contribution >= 0.6 is 11.6 Å². The second-order valence-corrected chi connectivity index (χ2v) is 6.38. The first-order chi connectivity index (χ1) is 12.1. The van der Waals surface area contributed by atoms with Gasteiger partial charge in [0.15, 0.2) is 5.82 Å². The molecule has 1 fully saturated rings. The number of nitrogens with one attached hydrogen (secondary N) is 1. The minimum absolute atomic E-state index is 0.0136. The summed E-state index contributed by atoms with van der Waals surface area (Å²) in [6.45, 7) is 4.65. The largest absolute Gasteiger partial charge is 0.394 e. The van der Waals surface area contributed by atoms with E-state index in [1.54, 1.807) is 16.8 Å². The van der Waals surface area contributed by atoms with Crippen LogP contribution in [0.3, 0.4) is 0 Å². The highest BCUT2D eigenvalue weighted by atomic mass is 35.5. The minimum Gasteiger partial charge on any atom is -0.394 e. The summed E-state index contributed by atoms with van der Waals surface area (Å²) < 4.78 is 1.68. The molecule has 0 aliphatic carbocycles. The number of nitrogens with zero attached hydrogens (tertiary/aromatic N) is 4. The van der Waals surface area contributed by atoms with Gasteiger partial charge in [0, 0.05) is 30.1 Å². The lowest BCUT2D eigenvalue weighted by Gasteiger charge is -2.33. The number of aliphatic hydroxyl groups excluding tert-OH is 1. The molecule has 2 N–H and O–H groups in total. The SMILES string of the molecule is CCN1CCNC(=O)C1Cc1nc(-c2ccc(Cl)cc2)nn1CCO. The average molecular weight is 364 g/mol. The summed E-state index contributed by atoms with van der Waals surface area (Å²) in [5.74, 6) is 1.28. The van der Waals surface area contributed by atoms with Gasteiger partial charge in [0.25, 0.3) is 0 Å². The van der Waals surface area contributed by atoms with Crippen molar-refractivity contribution in [3.8, 4) is 11.4 Å².